The van der Waals surface area contributed by atoms with Gasteiger partial charge in [0.2, 0.25) is 5.91 Å². The van der Waals surface area contributed by atoms with Crippen LogP contribution in [0.5, 0.6) is 0 Å². The summed E-state index contributed by atoms with van der Waals surface area (Å²) in [5.41, 5.74) is -0.829. The Hall–Kier alpha value is -1.67. The molecule has 0 aromatic heterocycles. The van der Waals surface area contributed by atoms with Crippen molar-refractivity contribution >= 4 is 63.9 Å². The Bertz CT molecular complexity index is 1040. The van der Waals surface area contributed by atoms with Crippen molar-refractivity contribution in [1.29, 1.82) is 0 Å². The van der Waals surface area contributed by atoms with Gasteiger partial charge in [-0.3, -0.25) is 9.59 Å². The summed E-state index contributed by atoms with van der Waals surface area (Å²) in [5, 5.41) is 4.47. The van der Waals surface area contributed by atoms with Gasteiger partial charge in [0, 0.05) is 18.3 Å². The number of hydrogen-bond acceptors (Lipinski definition) is 2. The molecular weight excluding hydrogens is 499 g/mol. The number of halogens is 7. The molecule has 0 radical (unpaired) electrons. The summed E-state index contributed by atoms with van der Waals surface area (Å²) < 4.78 is 40.7. The molecule has 0 saturated heterocycles. The van der Waals surface area contributed by atoms with Gasteiger partial charge in [-0.05, 0) is 36.2 Å². The fourth-order valence-electron chi connectivity index (χ4n) is 3.20. The summed E-state index contributed by atoms with van der Waals surface area (Å²) >= 11 is 23.7. The third-order valence-corrected chi connectivity index (χ3v) is 6.31. The molecule has 2 aromatic carbocycles. The zero-order valence-electron chi connectivity index (χ0n) is 15.6. The average Bonchev–Trinajstić information content (AvgIpc) is 3.28. The van der Waals surface area contributed by atoms with E-state index in [0.717, 1.165) is 18.2 Å². The van der Waals surface area contributed by atoms with Crippen LogP contribution in [-0.2, 0) is 4.79 Å². The molecule has 1 saturated carbocycles. The maximum absolute atomic E-state index is 14.8. The largest absolute Gasteiger partial charge is 0.352 e. The minimum absolute atomic E-state index is 0.128. The molecule has 2 N–H and O–H groups in total. The molecule has 0 spiro atoms. The second-order valence-corrected chi connectivity index (χ2v) is 9.10. The van der Waals surface area contributed by atoms with E-state index < -0.39 is 56.7 Å². The summed E-state index contributed by atoms with van der Waals surface area (Å²) in [7, 11) is 0. The smallest absolute Gasteiger partial charge is 0.257 e. The molecule has 2 amide bonds. The van der Waals surface area contributed by atoms with Gasteiger partial charge < -0.3 is 10.6 Å². The average molecular weight is 514 g/mol. The summed E-state index contributed by atoms with van der Waals surface area (Å²) in [6.07, 6.45) is 0.414. The van der Waals surface area contributed by atoms with Crippen LogP contribution in [0.3, 0.4) is 0 Å². The monoisotopic (exact) mass is 512 g/mol. The normalized spacial score (nSPS) is 19.1. The Morgan fingerprint density at radius 1 is 1.06 bits per heavy atom. The lowest BCUT2D eigenvalue weighted by Gasteiger charge is -2.11. The number of nitrogens with one attached hydrogen (secondary N) is 2. The van der Waals surface area contributed by atoms with Crippen LogP contribution in [0.2, 0.25) is 5.02 Å². The molecule has 1 aliphatic carbocycles. The maximum atomic E-state index is 14.8. The van der Waals surface area contributed by atoms with Crippen molar-refractivity contribution in [3.8, 4) is 0 Å². The van der Waals surface area contributed by atoms with Gasteiger partial charge in [-0.15, -0.1) is 34.8 Å². The Balaban J connectivity index is 1.79. The zero-order chi connectivity index (χ0) is 22.9. The number of amides is 2. The van der Waals surface area contributed by atoms with Gasteiger partial charge in [0.1, 0.15) is 21.5 Å². The molecule has 0 aliphatic heterocycles. The minimum Gasteiger partial charge on any atom is -0.352 e. The molecule has 31 heavy (non-hydrogen) atoms. The van der Waals surface area contributed by atoms with Crippen LogP contribution in [0.1, 0.15) is 28.3 Å². The number of carbonyl (C=O) groups is 2. The number of alkyl halides is 3. The van der Waals surface area contributed by atoms with E-state index in [2.05, 4.69) is 10.6 Å². The summed E-state index contributed by atoms with van der Waals surface area (Å²) in [6, 6.07) is 5.64. The first-order valence-corrected chi connectivity index (χ1v) is 10.7. The molecule has 11 heteroatoms. The lowest BCUT2D eigenvalue weighted by Crippen LogP contribution is -2.27. The first kappa shape index (κ1) is 24.0. The predicted octanol–water partition coefficient (Wildman–Crippen LogP) is 5.64. The van der Waals surface area contributed by atoms with Gasteiger partial charge in [-0.2, -0.15) is 0 Å². The van der Waals surface area contributed by atoms with Crippen LogP contribution >= 0.6 is 46.4 Å². The Morgan fingerprint density at radius 3 is 2.39 bits per heavy atom. The van der Waals surface area contributed by atoms with E-state index in [0.29, 0.717) is 12.0 Å². The van der Waals surface area contributed by atoms with Gasteiger partial charge in [-0.25, -0.2) is 13.2 Å². The SMILES string of the molecule is O=C(NCCCCl)c1c(F)ccc(NC(=O)C2C(c3ccc(F)c(Cl)c3)C2(Cl)Cl)c1F. The minimum atomic E-state index is -1.54. The number of rotatable bonds is 7. The first-order valence-electron chi connectivity index (χ1n) is 9.05. The van der Waals surface area contributed by atoms with Crippen LogP contribution in [0.4, 0.5) is 18.9 Å². The Labute approximate surface area is 196 Å². The van der Waals surface area contributed by atoms with Gasteiger partial charge in [0.25, 0.3) is 5.91 Å². The van der Waals surface area contributed by atoms with Crippen LogP contribution < -0.4 is 10.6 Å². The summed E-state index contributed by atoms with van der Waals surface area (Å²) in [5.74, 6) is -6.19. The third kappa shape index (κ3) is 4.90. The quantitative estimate of drug-likeness (QED) is 0.371. The predicted molar refractivity (Wildman–Crippen MR) is 115 cm³/mol. The van der Waals surface area contributed by atoms with Gasteiger partial charge in [0.05, 0.1) is 16.6 Å². The van der Waals surface area contributed by atoms with E-state index in [-0.39, 0.29) is 17.4 Å². The maximum Gasteiger partial charge on any atom is 0.257 e. The fraction of sp³-hybridized carbons (Fsp3) is 0.300. The van der Waals surface area contributed by atoms with Crippen LogP contribution in [0.25, 0.3) is 0 Å². The Kier molecular flexibility index (Phi) is 7.31. The molecule has 2 atom stereocenters. The highest BCUT2D eigenvalue weighted by atomic mass is 35.5. The molecule has 166 valence electrons. The molecule has 3 rings (SSSR count). The van der Waals surface area contributed by atoms with Crippen LogP contribution in [0, 0.1) is 23.4 Å². The van der Waals surface area contributed by atoms with Crippen molar-refractivity contribution in [2.45, 2.75) is 16.7 Å². The van der Waals surface area contributed by atoms with Crippen LogP contribution in [0.15, 0.2) is 30.3 Å². The van der Waals surface area contributed by atoms with E-state index in [9.17, 15) is 22.8 Å². The molecule has 2 aromatic rings. The molecule has 2 unspecified atom stereocenters. The third-order valence-electron chi connectivity index (χ3n) is 4.81. The zero-order valence-corrected chi connectivity index (χ0v) is 18.6. The second kappa shape index (κ2) is 9.45. The van der Waals surface area contributed by atoms with Crippen molar-refractivity contribution in [1.82, 2.24) is 5.32 Å². The molecule has 0 heterocycles. The molecule has 1 fully saturated rings. The van der Waals surface area contributed by atoms with E-state index in [1.165, 1.54) is 12.1 Å². The topological polar surface area (TPSA) is 58.2 Å². The van der Waals surface area contributed by atoms with E-state index in [1.54, 1.807) is 0 Å². The highest BCUT2D eigenvalue weighted by Gasteiger charge is 2.67. The van der Waals surface area contributed by atoms with E-state index in [4.69, 9.17) is 46.4 Å². The number of benzene rings is 2. The van der Waals surface area contributed by atoms with Crippen molar-refractivity contribution < 1.29 is 22.8 Å². The van der Waals surface area contributed by atoms with E-state index >= 15 is 0 Å². The number of carbonyl (C=O) groups excluding carboxylic acids is 2. The highest BCUT2D eigenvalue weighted by molar-refractivity contribution is 6.53. The summed E-state index contributed by atoms with van der Waals surface area (Å²) in [4.78, 5) is 24.8. The Morgan fingerprint density at radius 2 is 1.74 bits per heavy atom. The number of hydrogen-bond donors (Lipinski definition) is 2. The first-order chi connectivity index (χ1) is 14.6. The fourth-order valence-corrected chi connectivity index (χ4v) is 4.35. The van der Waals surface area contributed by atoms with Gasteiger partial charge in [0.15, 0.2) is 5.82 Å². The standard InChI is InChI=1S/C20H15Cl4F3N2O2/c21-6-1-7-28-18(30)14-12(26)4-5-13(17(14)27)29-19(31)16-15(20(16,23)24)9-2-3-11(25)10(22)8-9/h2-5,8,15-16H,1,6-7H2,(H,28,30)(H,29,31). The lowest BCUT2D eigenvalue weighted by atomic mass is 10.1. The second-order valence-electron chi connectivity index (χ2n) is 6.88. The lowest BCUT2D eigenvalue weighted by molar-refractivity contribution is -0.117. The van der Waals surface area contributed by atoms with Crippen LogP contribution in [-0.4, -0.2) is 28.6 Å². The summed E-state index contributed by atoms with van der Waals surface area (Å²) in [6.45, 7) is 0.128. The molecule has 1 aliphatic rings. The molecular formula is C20H15Cl4F3N2O2. The highest BCUT2D eigenvalue weighted by Crippen LogP contribution is 2.65. The molecule has 4 nitrogen and oxygen atoms in total. The van der Waals surface area contributed by atoms with Gasteiger partial charge >= 0.3 is 0 Å². The molecule has 0 bridgehead atoms. The van der Waals surface area contributed by atoms with Crippen molar-refractivity contribution in [3.05, 3.63) is 63.9 Å². The van der Waals surface area contributed by atoms with Crippen molar-refractivity contribution in [2.75, 3.05) is 17.7 Å². The number of anilines is 1. The van der Waals surface area contributed by atoms with Crippen molar-refractivity contribution in [2.24, 2.45) is 5.92 Å². The van der Waals surface area contributed by atoms with E-state index in [1.807, 2.05) is 0 Å². The van der Waals surface area contributed by atoms with Crippen molar-refractivity contribution in [3.63, 3.8) is 0 Å². The van der Waals surface area contributed by atoms with Gasteiger partial charge in [-0.1, -0.05) is 17.7 Å².